The highest BCUT2D eigenvalue weighted by atomic mass is 35.5. The quantitative estimate of drug-likeness (QED) is 0.461. The van der Waals surface area contributed by atoms with Gasteiger partial charge in [-0.25, -0.2) is 4.79 Å². The zero-order valence-corrected chi connectivity index (χ0v) is 12.3. The maximum Gasteiger partial charge on any atom is 0.330 e. The van der Waals surface area contributed by atoms with Crippen LogP contribution in [0.4, 0.5) is 0 Å². The van der Waals surface area contributed by atoms with Gasteiger partial charge in [-0.1, -0.05) is 29.8 Å². The number of esters is 1. The van der Waals surface area contributed by atoms with E-state index in [2.05, 4.69) is 4.98 Å². The highest BCUT2D eigenvalue weighted by Gasteiger charge is 1.98. The van der Waals surface area contributed by atoms with Gasteiger partial charge in [0.1, 0.15) is 0 Å². The van der Waals surface area contributed by atoms with Crippen molar-refractivity contribution in [1.82, 2.24) is 4.98 Å². The number of carbonyl (C=O) groups excluding carboxylic acids is 1. The van der Waals surface area contributed by atoms with E-state index in [1.807, 2.05) is 30.5 Å². The fourth-order valence-electron chi connectivity index (χ4n) is 1.82. The van der Waals surface area contributed by atoms with Crippen molar-refractivity contribution in [3.05, 3.63) is 71.0 Å². The van der Waals surface area contributed by atoms with E-state index in [1.54, 1.807) is 24.4 Å². The Morgan fingerprint density at radius 3 is 2.95 bits per heavy atom. The van der Waals surface area contributed by atoms with Crippen LogP contribution >= 0.6 is 11.6 Å². The Balaban J connectivity index is 1.70. The molecule has 0 atom stereocenters. The normalized spacial score (nSPS) is 10.7. The number of ether oxygens (including phenoxy) is 1. The molecule has 0 aliphatic heterocycles. The zero-order valence-electron chi connectivity index (χ0n) is 11.5. The smallest absolute Gasteiger partial charge is 0.330 e. The first-order chi connectivity index (χ1) is 10.2. The summed E-state index contributed by atoms with van der Waals surface area (Å²) in [5.41, 5.74) is 2.01. The first-order valence-electron chi connectivity index (χ1n) is 6.73. The summed E-state index contributed by atoms with van der Waals surface area (Å²) in [4.78, 5) is 15.6. The van der Waals surface area contributed by atoms with Crippen LogP contribution in [-0.4, -0.2) is 17.6 Å². The van der Waals surface area contributed by atoms with Gasteiger partial charge in [-0.3, -0.25) is 4.98 Å². The van der Waals surface area contributed by atoms with Crippen LogP contribution in [0, 0.1) is 0 Å². The van der Waals surface area contributed by atoms with E-state index in [4.69, 9.17) is 16.3 Å². The van der Waals surface area contributed by atoms with Crippen molar-refractivity contribution in [1.29, 1.82) is 0 Å². The Labute approximate surface area is 129 Å². The number of rotatable bonds is 6. The van der Waals surface area contributed by atoms with E-state index in [0.717, 1.165) is 24.0 Å². The average Bonchev–Trinajstić information content (AvgIpc) is 2.51. The van der Waals surface area contributed by atoms with E-state index in [0.29, 0.717) is 11.6 Å². The summed E-state index contributed by atoms with van der Waals surface area (Å²) in [6, 6.07) is 11.2. The van der Waals surface area contributed by atoms with Crippen LogP contribution in [0.15, 0.2) is 54.9 Å². The minimum absolute atomic E-state index is 0.346. The predicted molar refractivity (Wildman–Crippen MR) is 84.0 cm³/mol. The largest absolute Gasteiger partial charge is 0.463 e. The molecule has 0 saturated carbocycles. The van der Waals surface area contributed by atoms with E-state index < -0.39 is 0 Å². The molecule has 1 aromatic heterocycles. The summed E-state index contributed by atoms with van der Waals surface area (Å²) in [6.45, 7) is 0.396. The predicted octanol–water partition coefficient (Wildman–Crippen LogP) is 3.92. The lowest BCUT2D eigenvalue weighted by molar-refractivity contribution is -0.137. The Morgan fingerprint density at radius 1 is 1.29 bits per heavy atom. The Hall–Kier alpha value is -2.13. The molecule has 0 bridgehead atoms. The van der Waals surface area contributed by atoms with Gasteiger partial charge in [0.15, 0.2) is 0 Å². The SMILES string of the molecule is O=C(/C=C/c1cccc(Cl)c1)OCCCc1cccnc1. The fraction of sp³-hybridized carbons (Fsp3) is 0.176. The monoisotopic (exact) mass is 301 g/mol. The maximum absolute atomic E-state index is 11.6. The second-order valence-electron chi connectivity index (χ2n) is 4.52. The summed E-state index contributed by atoms with van der Waals surface area (Å²) < 4.78 is 5.14. The molecule has 0 unspecified atom stereocenters. The van der Waals surface area contributed by atoms with Gasteiger partial charge in [0.25, 0.3) is 0 Å². The number of pyridine rings is 1. The number of hydrogen-bond acceptors (Lipinski definition) is 3. The molecule has 4 heteroatoms. The van der Waals surface area contributed by atoms with Crippen LogP contribution in [0.25, 0.3) is 6.08 Å². The fourth-order valence-corrected chi connectivity index (χ4v) is 2.02. The molecule has 21 heavy (non-hydrogen) atoms. The van der Waals surface area contributed by atoms with Crippen LogP contribution in [-0.2, 0) is 16.0 Å². The van der Waals surface area contributed by atoms with E-state index in [9.17, 15) is 4.79 Å². The van der Waals surface area contributed by atoms with E-state index in [-0.39, 0.29) is 5.97 Å². The van der Waals surface area contributed by atoms with Gasteiger partial charge in [-0.2, -0.15) is 0 Å². The lowest BCUT2D eigenvalue weighted by Gasteiger charge is -2.02. The summed E-state index contributed by atoms with van der Waals surface area (Å²) in [6.07, 6.45) is 8.29. The van der Waals surface area contributed by atoms with Crippen LogP contribution in [0.2, 0.25) is 5.02 Å². The molecule has 0 radical (unpaired) electrons. The molecule has 0 N–H and O–H groups in total. The summed E-state index contributed by atoms with van der Waals surface area (Å²) in [5.74, 6) is -0.346. The topological polar surface area (TPSA) is 39.2 Å². The van der Waals surface area contributed by atoms with Gasteiger partial charge in [0.05, 0.1) is 6.61 Å². The van der Waals surface area contributed by atoms with Crippen molar-refractivity contribution in [2.75, 3.05) is 6.61 Å². The summed E-state index contributed by atoms with van der Waals surface area (Å²) in [5, 5.41) is 0.641. The number of nitrogens with zero attached hydrogens (tertiary/aromatic N) is 1. The molecule has 2 rings (SSSR count). The summed E-state index contributed by atoms with van der Waals surface area (Å²) >= 11 is 5.87. The van der Waals surface area contributed by atoms with Gasteiger partial charge in [-0.15, -0.1) is 0 Å². The molecule has 0 aliphatic rings. The van der Waals surface area contributed by atoms with Gasteiger partial charge in [0.2, 0.25) is 0 Å². The highest BCUT2D eigenvalue weighted by molar-refractivity contribution is 6.30. The maximum atomic E-state index is 11.6. The van der Waals surface area contributed by atoms with Crippen molar-refractivity contribution in [3.8, 4) is 0 Å². The Kier molecular flexibility index (Phi) is 5.98. The average molecular weight is 302 g/mol. The molecular formula is C17H16ClNO2. The number of aryl methyl sites for hydroxylation is 1. The number of aromatic nitrogens is 1. The van der Waals surface area contributed by atoms with Crippen molar-refractivity contribution in [3.63, 3.8) is 0 Å². The number of benzene rings is 1. The van der Waals surface area contributed by atoms with Gasteiger partial charge in [-0.05, 0) is 48.2 Å². The molecule has 2 aromatic rings. The van der Waals surface area contributed by atoms with Crippen molar-refractivity contribution < 1.29 is 9.53 Å². The van der Waals surface area contributed by atoms with Gasteiger partial charge in [0, 0.05) is 23.5 Å². The minimum Gasteiger partial charge on any atom is -0.463 e. The first-order valence-corrected chi connectivity index (χ1v) is 7.11. The number of carbonyl (C=O) groups is 1. The van der Waals surface area contributed by atoms with Crippen LogP contribution in [0.1, 0.15) is 17.5 Å². The molecule has 1 aromatic carbocycles. The molecule has 0 spiro atoms. The molecule has 0 aliphatic carbocycles. The number of halogens is 1. The lowest BCUT2D eigenvalue weighted by Crippen LogP contribution is -2.03. The second-order valence-corrected chi connectivity index (χ2v) is 4.96. The summed E-state index contributed by atoms with van der Waals surface area (Å²) in [7, 11) is 0. The highest BCUT2D eigenvalue weighted by Crippen LogP contribution is 2.11. The zero-order chi connectivity index (χ0) is 14.9. The first kappa shape index (κ1) is 15.3. The molecule has 0 saturated heterocycles. The number of hydrogen-bond donors (Lipinski definition) is 0. The molecule has 3 nitrogen and oxygen atoms in total. The molecule has 1 heterocycles. The van der Waals surface area contributed by atoms with Crippen molar-refractivity contribution >= 4 is 23.6 Å². The van der Waals surface area contributed by atoms with E-state index in [1.165, 1.54) is 6.08 Å². The minimum atomic E-state index is -0.346. The van der Waals surface area contributed by atoms with Crippen molar-refractivity contribution in [2.45, 2.75) is 12.8 Å². The lowest BCUT2D eigenvalue weighted by atomic mass is 10.2. The van der Waals surface area contributed by atoms with Crippen LogP contribution in [0.3, 0.4) is 0 Å². The Morgan fingerprint density at radius 2 is 2.19 bits per heavy atom. The van der Waals surface area contributed by atoms with Gasteiger partial charge >= 0.3 is 5.97 Å². The third-order valence-corrected chi connectivity index (χ3v) is 3.07. The molecular weight excluding hydrogens is 286 g/mol. The second kappa shape index (κ2) is 8.22. The Bertz CT molecular complexity index is 611. The standard InChI is InChI=1S/C17H16ClNO2/c18-16-7-1-4-14(12-16)8-9-17(20)21-11-3-6-15-5-2-10-19-13-15/h1-2,4-5,7-10,12-13H,3,6,11H2/b9-8+. The van der Waals surface area contributed by atoms with E-state index >= 15 is 0 Å². The van der Waals surface area contributed by atoms with Crippen LogP contribution < -0.4 is 0 Å². The molecule has 108 valence electrons. The molecule has 0 fully saturated rings. The third-order valence-electron chi connectivity index (χ3n) is 2.84. The third kappa shape index (κ3) is 5.79. The molecule has 0 amide bonds. The van der Waals surface area contributed by atoms with Gasteiger partial charge < -0.3 is 4.74 Å². The van der Waals surface area contributed by atoms with Crippen LogP contribution in [0.5, 0.6) is 0 Å². The van der Waals surface area contributed by atoms with Crippen molar-refractivity contribution in [2.24, 2.45) is 0 Å².